The summed E-state index contributed by atoms with van der Waals surface area (Å²) in [5, 5.41) is 10.2. The van der Waals surface area contributed by atoms with Gasteiger partial charge in [-0.1, -0.05) is 6.07 Å². The highest BCUT2D eigenvalue weighted by Crippen LogP contribution is 2.28. The first-order chi connectivity index (χ1) is 8.13. The first-order valence-electron chi connectivity index (χ1n) is 5.50. The molecule has 0 saturated carbocycles. The van der Waals surface area contributed by atoms with Crippen LogP contribution in [0.3, 0.4) is 0 Å². The van der Waals surface area contributed by atoms with E-state index >= 15 is 0 Å². The topological polar surface area (TPSA) is 42.6 Å². The van der Waals surface area contributed by atoms with Gasteiger partial charge in [0.25, 0.3) is 0 Å². The van der Waals surface area contributed by atoms with Crippen molar-refractivity contribution in [1.82, 2.24) is 0 Å². The highest BCUT2D eigenvalue weighted by molar-refractivity contribution is 5.39. The molecule has 0 aliphatic heterocycles. The van der Waals surface area contributed by atoms with E-state index < -0.39 is 6.10 Å². The summed E-state index contributed by atoms with van der Waals surface area (Å²) in [5.74, 6) is 1.41. The number of aliphatic hydroxyl groups is 1. The minimum absolute atomic E-state index is 0.592. The van der Waals surface area contributed by atoms with Gasteiger partial charge in [-0.3, -0.25) is 0 Å². The lowest BCUT2D eigenvalue weighted by atomic mass is 10.0. The van der Waals surface area contributed by atoms with Crippen LogP contribution >= 0.6 is 0 Å². The van der Waals surface area contributed by atoms with E-state index in [9.17, 15) is 5.11 Å². The van der Waals surface area contributed by atoms with Crippen molar-refractivity contribution in [2.45, 2.75) is 20.0 Å². The number of rotatable bonds is 3. The second-order valence-corrected chi connectivity index (χ2v) is 4.10. The van der Waals surface area contributed by atoms with E-state index in [1.807, 2.05) is 38.1 Å². The van der Waals surface area contributed by atoms with Gasteiger partial charge in [-0.05, 0) is 48.7 Å². The van der Waals surface area contributed by atoms with Crippen molar-refractivity contribution in [1.29, 1.82) is 0 Å². The third-order valence-corrected chi connectivity index (χ3v) is 2.88. The lowest BCUT2D eigenvalue weighted by Crippen LogP contribution is -2.00. The monoisotopic (exact) mass is 232 g/mol. The molecule has 1 unspecified atom stereocenters. The molecule has 0 aliphatic rings. The molecule has 0 spiro atoms. The van der Waals surface area contributed by atoms with E-state index in [4.69, 9.17) is 9.15 Å². The summed E-state index contributed by atoms with van der Waals surface area (Å²) in [5.41, 5.74) is 2.75. The number of hydrogen-bond donors (Lipinski definition) is 1. The summed E-state index contributed by atoms with van der Waals surface area (Å²) in [7, 11) is 1.63. The summed E-state index contributed by atoms with van der Waals surface area (Å²) in [4.78, 5) is 0. The van der Waals surface area contributed by atoms with Gasteiger partial charge in [-0.15, -0.1) is 0 Å². The van der Waals surface area contributed by atoms with E-state index in [1.54, 1.807) is 13.4 Å². The van der Waals surface area contributed by atoms with Gasteiger partial charge in [-0.2, -0.15) is 0 Å². The summed E-state index contributed by atoms with van der Waals surface area (Å²) < 4.78 is 10.5. The molecule has 0 saturated heterocycles. The van der Waals surface area contributed by atoms with E-state index in [-0.39, 0.29) is 0 Å². The molecule has 3 nitrogen and oxygen atoms in total. The first kappa shape index (κ1) is 11.7. The van der Waals surface area contributed by atoms with Gasteiger partial charge in [0.1, 0.15) is 17.6 Å². The van der Waals surface area contributed by atoms with Gasteiger partial charge in [0.2, 0.25) is 0 Å². The molecule has 0 aliphatic carbocycles. The molecule has 3 heteroatoms. The molecule has 1 atom stereocenters. The first-order valence-corrected chi connectivity index (χ1v) is 5.50. The Bertz CT molecular complexity index is 514. The van der Waals surface area contributed by atoms with Gasteiger partial charge in [0.05, 0.1) is 13.4 Å². The Labute approximate surface area is 101 Å². The predicted octanol–water partition coefficient (Wildman–Crippen LogP) is 2.99. The van der Waals surface area contributed by atoms with Crippen molar-refractivity contribution in [2.24, 2.45) is 0 Å². The third kappa shape index (κ3) is 2.19. The van der Waals surface area contributed by atoms with Crippen LogP contribution in [0, 0.1) is 13.8 Å². The second kappa shape index (κ2) is 4.63. The number of hydrogen-bond acceptors (Lipinski definition) is 3. The molecule has 1 aromatic carbocycles. The Kier molecular flexibility index (Phi) is 3.20. The molecule has 17 heavy (non-hydrogen) atoms. The molecule has 1 aromatic heterocycles. The summed E-state index contributed by atoms with van der Waals surface area (Å²) >= 11 is 0. The van der Waals surface area contributed by atoms with Crippen LogP contribution in [0.25, 0.3) is 0 Å². The normalized spacial score (nSPS) is 12.5. The van der Waals surface area contributed by atoms with E-state index in [2.05, 4.69) is 0 Å². The van der Waals surface area contributed by atoms with Crippen molar-refractivity contribution in [3.63, 3.8) is 0 Å². The Hall–Kier alpha value is -1.74. The maximum absolute atomic E-state index is 10.2. The van der Waals surface area contributed by atoms with E-state index in [0.717, 1.165) is 22.4 Å². The maximum Gasteiger partial charge on any atom is 0.139 e. The number of aliphatic hydroxyl groups excluding tert-OH is 1. The Morgan fingerprint density at radius 2 is 1.94 bits per heavy atom. The van der Waals surface area contributed by atoms with Crippen molar-refractivity contribution < 1.29 is 14.3 Å². The number of methoxy groups -OCH3 is 1. The fourth-order valence-corrected chi connectivity index (χ4v) is 1.89. The molecule has 0 fully saturated rings. The minimum atomic E-state index is -0.727. The molecular weight excluding hydrogens is 216 g/mol. The molecule has 0 amide bonds. The molecule has 1 N–H and O–H groups in total. The Morgan fingerprint density at radius 3 is 2.47 bits per heavy atom. The quantitative estimate of drug-likeness (QED) is 0.884. The molecule has 0 bridgehead atoms. The van der Waals surface area contributed by atoms with Crippen LogP contribution in [0.4, 0.5) is 0 Å². The second-order valence-electron chi connectivity index (χ2n) is 4.10. The fraction of sp³-hybridized carbons (Fsp3) is 0.286. The minimum Gasteiger partial charge on any atom is -0.496 e. The molecule has 2 rings (SSSR count). The molecule has 1 heterocycles. The number of aryl methyl sites for hydroxylation is 2. The van der Waals surface area contributed by atoms with Crippen molar-refractivity contribution >= 4 is 0 Å². The highest BCUT2D eigenvalue weighted by atomic mass is 16.5. The van der Waals surface area contributed by atoms with Crippen molar-refractivity contribution in [2.75, 3.05) is 7.11 Å². The van der Waals surface area contributed by atoms with Crippen molar-refractivity contribution in [3.8, 4) is 5.75 Å². The van der Waals surface area contributed by atoms with E-state index in [1.165, 1.54) is 0 Å². The van der Waals surface area contributed by atoms with Crippen LogP contribution in [-0.4, -0.2) is 12.2 Å². The van der Waals surface area contributed by atoms with Crippen LogP contribution in [0.2, 0.25) is 0 Å². The Balaban J connectivity index is 2.35. The molecule has 0 radical (unpaired) electrons. The maximum atomic E-state index is 10.2. The summed E-state index contributed by atoms with van der Waals surface area (Å²) in [6.45, 7) is 3.86. The zero-order valence-electron chi connectivity index (χ0n) is 10.2. The standard InChI is InChI=1S/C14H16O3/c1-9-6-7-17-14(9)13(15)11-4-5-12(16-3)10(2)8-11/h4-8,13,15H,1-3H3. The average Bonchev–Trinajstić information content (AvgIpc) is 2.74. The Morgan fingerprint density at radius 1 is 1.18 bits per heavy atom. The molecule has 90 valence electrons. The van der Waals surface area contributed by atoms with Crippen LogP contribution < -0.4 is 4.74 Å². The van der Waals surface area contributed by atoms with Crippen LogP contribution in [0.15, 0.2) is 34.9 Å². The SMILES string of the molecule is COc1ccc(C(O)c2occc2C)cc1C. The number of ether oxygens (including phenoxy) is 1. The van der Waals surface area contributed by atoms with Crippen LogP contribution in [0.1, 0.15) is 28.6 Å². The average molecular weight is 232 g/mol. The largest absolute Gasteiger partial charge is 0.496 e. The molecule has 2 aromatic rings. The van der Waals surface area contributed by atoms with E-state index in [0.29, 0.717) is 5.76 Å². The van der Waals surface area contributed by atoms with Gasteiger partial charge in [0, 0.05) is 0 Å². The lowest BCUT2D eigenvalue weighted by molar-refractivity contribution is 0.188. The smallest absolute Gasteiger partial charge is 0.139 e. The zero-order chi connectivity index (χ0) is 12.4. The van der Waals surface area contributed by atoms with Crippen LogP contribution in [-0.2, 0) is 0 Å². The van der Waals surface area contributed by atoms with Gasteiger partial charge < -0.3 is 14.3 Å². The van der Waals surface area contributed by atoms with Crippen LogP contribution in [0.5, 0.6) is 5.75 Å². The van der Waals surface area contributed by atoms with Crippen molar-refractivity contribution in [3.05, 3.63) is 53.0 Å². The van der Waals surface area contributed by atoms with Gasteiger partial charge >= 0.3 is 0 Å². The lowest BCUT2D eigenvalue weighted by Gasteiger charge is -2.12. The summed E-state index contributed by atoms with van der Waals surface area (Å²) in [6, 6.07) is 7.45. The summed E-state index contributed by atoms with van der Waals surface area (Å²) in [6.07, 6.45) is 0.860. The highest BCUT2D eigenvalue weighted by Gasteiger charge is 2.16. The third-order valence-electron chi connectivity index (χ3n) is 2.88. The predicted molar refractivity (Wildman–Crippen MR) is 65.2 cm³/mol. The van der Waals surface area contributed by atoms with Gasteiger partial charge in [0.15, 0.2) is 0 Å². The molecular formula is C14H16O3. The fourth-order valence-electron chi connectivity index (χ4n) is 1.89. The zero-order valence-corrected chi connectivity index (χ0v) is 10.2. The number of benzene rings is 1. The number of furan rings is 1. The van der Waals surface area contributed by atoms with Gasteiger partial charge in [-0.25, -0.2) is 0 Å².